The predicted octanol–water partition coefficient (Wildman–Crippen LogP) is 3.25. The van der Waals surface area contributed by atoms with Crippen LogP contribution in [0, 0.1) is 19.7 Å². The molecule has 4 rings (SSSR count). The highest BCUT2D eigenvalue weighted by Gasteiger charge is 2.37. The minimum atomic E-state index is -0.850. The summed E-state index contributed by atoms with van der Waals surface area (Å²) in [4.78, 5) is 38.2. The van der Waals surface area contributed by atoms with Gasteiger partial charge in [-0.3, -0.25) is 14.9 Å². The molecule has 2 fully saturated rings. The Kier molecular flexibility index (Phi) is 3.95. The third kappa shape index (κ3) is 2.95. The first-order valence-electron chi connectivity index (χ1n) is 8.72. The van der Waals surface area contributed by atoms with Crippen molar-refractivity contribution in [2.24, 2.45) is 0 Å². The number of carbonyl (C=O) groups excluding carboxylic acids is 3. The van der Waals surface area contributed by atoms with Crippen molar-refractivity contribution >= 4 is 29.6 Å². The Morgan fingerprint density at radius 2 is 1.78 bits per heavy atom. The van der Waals surface area contributed by atoms with E-state index in [1.54, 1.807) is 0 Å². The summed E-state index contributed by atoms with van der Waals surface area (Å²) in [5.41, 5.74) is 2.88. The van der Waals surface area contributed by atoms with Gasteiger partial charge in [-0.2, -0.15) is 0 Å². The van der Waals surface area contributed by atoms with Crippen LogP contribution < -0.4 is 10.2 Å². The summed E-state index contributed by atoms with van der Waals surface area (Å²) in [6.45, 7) is 3.94. The summed E-state index contributed by atoms with van der Waals surface area (Å²) in [7, 11) is 0. The lowest BCUT2D eigenvalue weighted by Gasteiger charge is -2.26. The molecular formula is C20H18FN3O3. The van der Waals surface area contributed by atoms with Gasteiger partial charge in [0.05, 0.1) is 5.69 Å². The van der Waals surface area contributed by atoms with Crippen LogP contribution in [0.25, 0.3) is 6.08 Å². The molecule has 138 valence electrons. The Morgan fingerprint density at radius 3 is 2.41 bits per heavy atom. The minimum absolute atomic E-state index is 0.130. The number of urea groups is 1. The second-order valence-electron chi connectivity index (χ2n) is 6.86. The molecule has 0 atom stereocenters. The number of hydrogen-bond donors (Lipinski definition) is 1. The van der Waals surface area contributed by atoms with E-state index in [9.17, 15) is 18.8 Å². The summed E-state index contributed by atoms with van der Waals surface area (Å²) in [6, 6.07) is 6.50. The van der Waals surface area contributed by atoms with Crippen LogP contribution in [0.15, 0.2) is 35.9 Å². The minimum Gasteiger partial charge on any atom is -0.346 e. The number of anilines is 1. The number of hydrogen-bond acceptors (Lipinski definition) is 3. The molecule has 2 aliphatic rings. The Hall–Kier alpha value is -3.22. The number of aromatic nitrogens is 1. The number of nitrogens with one attached hydrogen (secondary N) is 1. The van der Waals surface area contributed by atoms with Gasteiger partial charge in [0.25, 0.3) is 11.8 Å². The summed E-state index contributed by atoms with van der Waals surface area (Å²) in [5.74, 6) is -1.95. The van der Waals surface area contributed by atoms with Crippen LogP contribution in [0.3, 0.4) is 0 Å². The number of barbiturate groups is 1. The Morgan fingerprint density at radius 1 is 1.11 bits per heavy atom. The number of halogens is 1. The highest BCUT2D eigenvalue weighted by atomic mass is 19.1. The first kappa shape index (κ1) is 17.2. The Balaban J connectivity index is 1.73. The van der Waals surface area contributed by atoms with Gasteiger partial charge in [-0.25, -0.2) is 14.1 Å². The number of aryl methyl sites for hydroxylation is 1. The third-order valence-electron chi connectivity index (χ3n) is 4.92. The maximum absolute atomic E-state index is 13.2. The largest absolute Gasteiger partial charge is 0.346 e. The fourth-order valence-electron chi connectivity index (χ4n) is 3.48. The van der Waals surface area contributed by atoms with Crippen molar-refractivity contribution in [3.05, 3.63) is 58.7 Å². The number of rotatable bonds is 3. The molecule has 6 nitrogen and oxygen atoms in total. The van der Waals surface area contributed by atoms with Crippen molar-refractivity contribution in [1.82, 2.24) is 9.88 Å². The van der Waals surface area contributed by atoms with E-state index in [1.807, 2.05) is 19.9 Å². The fraction of sp³-hybridized carbons (Fsp3) is 0.250. The van der Waals surface area contributed by atoms with Crippen LogP contribution in [0.4, 0.5) is 14.9 Å². The van der Waals surface area contributed by atoms with E-state index in [0.717, 1.165) is 46.8 Å². The van der Waals surface area contributed by atoms with E-state index in [0.29, 0.717) is 6.04 Å². The summed E-state index contributed by atoms with van der Waals surface area (Å²) in [6.07, 6.45) is 3.76. The third-order valence-corrected chi connectivity index (χ3v) is 4.92. The highest BCUT2D eigenvalue weighted by molar-refractivity contribution is 6.39. The lowest BCUT2D eigenvalue weighted by molar-refractivity contribution is -0.122. The molecule has 1 aromatic heterocycles. The SMILES string of the molecule is Cc1cc(/C=C2\C(=O)NC(=O)N(c3ccc(F)cc3)C2=O)c(C)n1C1CC1. The Labute approximate surface area is 155 Å². The highest BCUT2D eigenvalue weighted by Crippen LogP contribution is 2.38. The molecule has 1 saturated heterocycles. The fourth-order valence-corrected chi connectivity index (χ4v) is 3.48. The average molecular weight is 367 g/mol. The zero-order valence-corrected chi connectivity index (χ0v) is 15.0. The maximum Gasteiger partial charge on any atom is 0.335 e. The molecule has 1 aromatic carbocycles. The van der Waals surface area contributed by atoms with Crippen molar-refractivity contribution in [2.75, 3.05) is 4.90 Å². The number of carbonyl (C=O) groups is 3. The normalized spacial score (nSPS) is 19.0. The average Bonchev–Trinajstić information content (AvgIpc) is 3.39. The smallest absolute Gasteiger partial charge is 0.335 e. The van der Waals surface area contributed by atoms with Gasteiger partial charge < -0.3 is 4.57 Å². The Bertz CT molecular complexity index is 1000. The summed E-state index contributed by atoms with van der Waals surface area (Å²) < 4.78 is 15.4. The summed E-state index contributed by atoms with van der Waals surface area (Å²) >= 11 is 0. The van der Waals surface area contributed by atoms with Crippen LogP contribution in [0.2, 0.25) is 0 Å². The van der Waals surface area contributed by atoms with Gasteiger partial charge in [-0.15, -0.1) is 0 Å². The zero-order chi connectivity index (χ0) is 19.3. The summed E-state index contributed by atoms with van der Waals surface area (Å²) in [5, 5.41) is 2.18. The van der Waals surface area contributed by atoms with E-state index in [-0.39, 0.29) is 11.3 Å². The molecule has 0 radical (unpaired) electrons. The van der Waals surface area contributed by atoms with Gasteiger partial charge in [0.1, 0.15) is 11.4 Å². The number of amides is 4. The first-order valence-corrected chi connectivity index (χ1v) is 8.72. The van der Waals surface area contributed by atoms with Gasteiger partial charge in [0.15, 0.2) is 0 Å². The number of nitrogens with zero attached hydrogens (tertiary/aromatic N) is 2. The molecule has 2 heterocycles. The van der Waals surface area contributed by atoms with E-state index in [4.69, 9.17) is 0 Å². The van der Waals surface area contributed by atoms with Crippen LogP contribution in [0.5, 0.6) is 0 Å². The molecule has 0 spiro atoms. The van der Waals surface area contributed by atoms with E-state index < -0.39 is 23.7 Å². The van der Waals surface area contributed by atoms with Crippen LogP contribution in [-0.4, -0.2) is 22.4 Å². The standard InChI is InChI=1S/C20H18FN3O3/c1-11-9-13(12(2)23(11)15-7-8-15)10-17-18(25)22-20(27)24(19(17)26)16-5-3-14(21)4-6-16/h3-6,9-10,15H,7-8H2,1-2H3,(H,22,25,27)/b17-10+. The van der Waals surface area contributed by atoms with Crippen molar-refractivity contribution < 1.29 is 18.8 Å². The topological polar surface area (TPSA) is 71.4 Å². The molecule has 27 heavy (non-hydrogen) atoms. The molecule has 7 heteroatoms. The molecule has 1 aliphatic heterocycles. The van der Waals surface area contributed by atoms with Crippen LogP contribution in [0.1, 0.15) is 35.8 Å². The van der Waals surface area contributed by atoms with Crippen LogP contribution in [-0.2, 0) is 9.59 Å². The lowest BCUT2D eigenvalue weighted by atomic mass is 10.1. The van der Waals surface area contributed by atoms with Gasteiger partial charge in [0.2, 0.25) is 0 Å². The van der Waals surface area contributed by atoms with Gasteiger partial charge >= 0.3 is 6.03 Å². The lowest BCUT2D eigenvalue weighted by Crippen LogP contribution is -2.54. The second kappa shape index (κ2) is 6.19. The van der Waals surface area contributed by atoms with E-state index in [1.165, 1.54) is 18.2 Å². The van der Waals surface area contributed by atoms with Gasteiger partial charge in [-0.05, 0) is 68.7 Å². The second-order valence-corrected chi connectivity index (χ2v) is 6.86. The van der Waals surface area contributed by atoms with Gasteiger partial charge in [0, 0.05) is 17.4 Å². The molecular weight excluding hydrogens is 349 g/mol. The molecule has 0 bridgehead atoms. The quantitative estimate of drug-likeness (QED) is 0.669. The number of benzene rings is 1. The van der Waals surface area contributed by atoms with E-state index in [2.05, 4.69) is 9.88 Å². The van der Waals surface area contributed by atoms with Crippen molar-refractivity contribution in [3.8, 4) is 0 Å². The molecule has 2 aromatic rings. The number of imide groups is 2. The molecule has 1 aliphatic carbocycles. The first-order chi connectivity index (χ1) is 12.9. The monoisotopic (exact) mass is 367 g/mol. The van der Waals surface area contributed by atoms with Crippen molar-refractivity contribution in [3.63, 3.8) is 0 Å². The molecule has 4 amide bonds. The van der Waals surface area contributed by atoms with Crippen molar-refractivity contribution in [1.29, 1.82) is 0 Å². The van der Waals surface area contributed by atoms with E-state index >= 15 is 0 Å². The maximum atomic E-state index is 13.2. The predicted molar refractivity (Wildman–Crippen MR) is 97.6 cm³/mol. The molecule has 0 unspecified atom stereocenters. The van der Waals surface area contributed by atoms with Crippen molar-refractivity contribution in [2.45, 2.75) is 32.7 Å². The molecule has 1 N–H and O–H groups in total. The zero-order valence-electron chi connectivity index (χ0n) is 15.0. The van der Waals surface area contributed by atoms with Gasteiger partial charge in [-0.1, -0.05) is 0 Å². The molecule has 1 saturated carbocycles. The van der Waals surface area contributed by atoms with Crippen LogP contribution >= 0.6 is 0 Å².